The first kappa shape index (κ1) is 15.9. The highest BCUT2D eigenvalue weighted by atomic mass is 16.2. The van der Waals surface area contributed by atoms with Gasteiger partial charge in [-0.2, -0.15) is 0 Å². The first-order valence-corrected chi connectivity index (χ1v) is 9.00. The molecule has 0 radical (unpaired) electrons. The van der Waals surface area contributed by atoms with Crippen LogP contribution < -0.4 is 4.90 Å². The van der Waals surface area contributed by atoms with E-state index in [-0.39, 0.29) is 11.8 Å². The maximum absolute atomic E-state index is 12.7. The summed E-state index contributed by atoms with van der Waals surface area (Å²) in [6.07, 6.45) is 1.58. The standard InChI is InChI=1S/C21H23N3O/c1-3-12-23-19-11-7-5-9-17(19)22-21(23)16-13-20(25)24(14-16)18-10-6-4-8-15(18)2/h4-11,16H,3,12-14H2,1-2H3/t16-/m0/s1. The first-order chi connectivity index (χ1) is 12.2. The van der Waals surface area contributed by atoms with Gasteiger partial charge in [0.2, 0.25) is 5.91 Å². The normalized spacial score (nSPS) is 17.6. The van der Waals surface area contributed by atoms with Gasteiger partial charge in [-0.05, 0) is 37.1 Å². The summed E-state index contributed by atoms with van der Waals surface area (Å²) in [5, 5.41) is 0. The Hall–Kier alpha value is -2.62. The van der Waals surface area contributed by atoms with Gasteiger partial charge >= 0.3 is 0 Å². The molecule has 2 aromatic carbocycles. The lowest BCUT2D eigenvalue weighted by molar-refractivity contribution is -0.117. The van der Waals surface area contributed by atoms with Crippen LogP contribution in [0, 0.1) is 6.92 Å². The molecule has 0 spiro atoms. The number of amides is 1. The molecule has 25 heavy (non-hydrogen) atoms. The molecule has 3 aromatic rings. The molecule has 0 unspecified atom stereocenters. The highest BCUT2D eigenvalue weighted by Gasteiger charge is 2.35. The van der Waals surface area contributed by atoms with Crippen molar-refractivity contribution in [3.63, 3.8) is 0 Å². The zero-order chi connectivity index (χ0) is 17.4. The third-order valence-electron chi connectivity index (χ3n) is 5.03. The quantitative estimate of drug-likeness (QED) is 0.715. The van der Waals surface area contributed by atoms with Crippen LogP contribution in [0.25, 0.3) is 11.0 Å². The van der Waals surface area contributed by atoms with Gasteiger partial charge in [0.25, 0.3) is 0 Å². The zero-order valence-electron chi connectivity index (χ0n) is 14.8. The summed E-state index contributed by atoms with van der Waals surface area (Å²) in [5.74, 6) is 1.38. The number of aryl methyl sites for hydroxylation is 2. The van der Waals surface area contributed by atoms with E-state index in [4.69, 9.17) is 4.98 Å². The Balaban J connectivity index is 1.72. The van der Waals surface area contributed by atoms with E-state index < -0.39 is 0 Å². The van der Waals surface area contributed by atoms with Crippen molar-refractivity contribution in [3.05, 3.63) is 59.9 Å². The average Bonchev–Trinajstić information content (AvgIpc) is 3.17. The predicted octanol–water partition coefficient (Wildman–Crippen LogP) is 4.28. The fourth-order valence-corrected chi connectivity index (χ4v) is 3.84. The van der Waals surface area contributed by atoms with Gasteiger partial charge in [0.1, 0.15) is 5.82 Å². The Morgan fingerprint density at radius 2 is 1.88 bits per heavy atom. The van der Waals surface area contributed by atoms with E-state index in [0.717, 1.165) is 35.6 Å². The number of aromatic nitrogens is 2. The molecule has 4 heteroatoms. The monoisotopic (exact) mass is 333 g/mol. The van der Waals surface area contributed by atoms with E-state index in [1.807, 2.05) is 29.2 Å². The number of fused-ring (bicyclic) bond motifs is 1. The van der Waals surface area contributed by atoms with Gasteiger partial charge in [-0.3, -0.25) is 4.79 Å². The van der Waals surface area contributed by atoms with Crippen molar-refractivity contribution in [1.29, 1.82) is 0 Å². The lowest BCUT2D eigenvalue weighted by atomic mass is 10.1. The number of carbonyl (C=O) groups excluding carboxylic acids is 1. The Morgan fingerprint density at radius 1 is 1.12 bits per heavy atom. The molecule has 1 aromatic heterocycles. The van der Waals surface area contributed by atoms with Crippen molar-refractivity contribution < 1.29 is 4.79 Å². The molecule has 1 amide bonds. The number of para-hydroxylation sites is 3. The fraction of sp³-hybridized carbons (Fsp3) is 0.333. The molecule has 0 bridgehead atoms. The maximum atomic E-state index is 12.7. The summed E-state index contributed by atoms with van der Waals surface area (Å²) in [6.45, 7) is 5.88. The number of nitrogens with zero attached hydrogens (tertiary/aromatic N) is 3. The zero-order valence-corrected chi connectivity index (χ0v) is 14.8. The highest BCUT2D eigenvalue weighted by Crippen LogP contribution is 2.34. The van der Waals surface area contributed by atoms with Gasteiger partial charge in [0, 0.05) is 31.1 Å². The van der Waals surface area contributed by atoms with Crippen molar-refractivity contribution in [2.24, 2.45) is 0 Å². The Morgan fingerprint density at radius 3 is 2.68 bits per heavy atom. The van der Waals surface area contributed by atoms with Crippen LogP contribution in [0.4, 0.5) is 5.69 Å². The van der Waals surface area contributed by atoms with Crippen molar-refractivity contribution in [1.82, 2.24) is 9.55 Å². The van der Waals surface area contributed by atoms with Gasteiger partial charge < -0.3 is 9.47 Å². The molecule has 128 valence electrons. The summed E-state index contributed by atoms with van der Waals surface area (Å²) in [5.41, 5.74) is 4.35. The molecule has 2 heterocycles. The van der Waals surface area contributed by atoms with Crippen LogP contribution in [0.2, 0.25) is 0 Å². The van der Waals surface area contributed by atoms with Crippen LogP contribution >= 0.6 is 0 Å². The number of rotatable bonds is 4. The Labute approximate surface area is 148 Å². The minimum absolute atomic E-state index is 0.144. The van der Waals surface area contributed by atoms with Crippen molar-refractivity contribution in [2.75, 3.05) is 11.4 Å². The smallest absolute Gasteiger partial charge is 0.227 e. The fourth-order valence-electron chi connectivity index (χ4n) is 3.84. The van der Waals surface area contributed by atoms with Crippen molar-refractivity contribution in [3.8, 4) is 0 Å². The van der Waals surface area contributed by atoms with Crippen LogP contribution in [0.1, 0.15) is 37.1 Å². The van der Waals surface area contributed by atoms with Gasteiger partial charge in [-0.15, -0.1) is 0 Å². The molecule has 1 atom stereocenters. The number of benzene rings is 2. The molecule has 1 aliphatic rings. The van der Waals surface area contributed by atoms with E-state index in [0.29, 0.717) is 13.0 Å². The van der Waals surface area contributed by atoms with E-state index in [1.54, 1.807) is 0 Å². The van der Waals surface area contributed by atoms with Crippen LogP contribution in [0.15, 0.2) is 48.5 Å². The average molecular weight is 333 g/mol. The molecule has 1 aliphatic heterocycles. The second-order valence-corrected chi connectivity index (χ2v) is 6.80. The third kappa shape index (κ3) is 2.72. The van der Waals surface area contributed by atoms with E-state index >= 15 is 0 Å². The van der Waals surface area contributed by atoms with E-state index in [1.165, 1.54) is 5.52 Å². The van der Waals surface area contributed by atoms with Crippen LogP contribution in [0.5, 0.6) is 0 Å². The summed E-state index contributed by atoms with van der Waals surface area (Å²) in [7, 11) is 0. The number of imidazole rings is 1. The minimum Gasteiger partial charge on any atom is -0.328 e. The summed E-state index contributed by atoms with van der Waals surface area (Å²) in [4.78, 5) is 19.5. The van der Waals surface area contributed by atoms with Crippen molar-refractivity contribution >= 4 is 22.6 Å². The molecule has 4 rings (SSSR count). The number of hydrogen-bond donors (Lipinski definition) is 0. The molecular weight excluding hydrogens is 310 g/mol. The molecule has 0 aliphatic carbocycles. The third-order valence-corrected chi connectivity index (χ3v) is 5.03. The maximum Gasteiger partial charge on any atom is 0.227 e. The largest absolute Gasteiger partial charge is 0.328 e. The Kier molecular flexibility index (Phi) is 4.04. The van der Waals surface area contributed by atoms with Crippen LogP contribution in [-0.2, 0) is 11.3 Å². The number of hydrogen-bond acceptors (Lipinski definition) is 2. The van der Waals surface area contributed by atoms with Crippen LogP contribution in [-0.4, -0.2) is 22.0 Å². The van der Waals surface area contributed by atoms with Gasteiger partial charge in [0.05, 0.1) is 11.0 Å². The highest BCUT2D eigenvalue weighted by molar-refractivity contribution is 5.97. The summed E-state index contributed by atoms with van der Waals surface area (Å²) >= 11 is 0. The molecule has 1 fully saturated rings. The van der Waals surface area contributed by atoms with Crippen LogP contribution in [0.3, 0.4) is 0 Å². The summed E-state index contributed by atoms with van der Waals surface area (Å²) < 4.78 is 2.30. The number of anilines is 1. The Bertz CT molecular complexity index is 928. The van der Waals surface area contributed by atoms with Crippen molar-refractivity contribution in [2.45, 2.75) is 39.2 Å². The van der Waals surface area contributed by atoms with Gasteiger partial charge in [0.15, 0.2) is 0 Å². The number of carbonyl (C=O) groups is 1. The second-order valence-electron chi connectivity index (χ2n) is 6.80. The van der Waals surface area contributed by atoms with E-state index in [2.05, 4.69) is 42.7 Å². The molecule has 0 saturated carbocycles. The SMILES string of the molecule is CCCn1c([C@H]2CC(=O)N(c3ccccc3C)C2)nc2ccccc21. The lowest BCUT2D eigenvalue weighted by Gasteiger charge is -2.19. The molecule has 1 saturated heterocycles. The van der Waals surface area contributed by atoms with Gasteiger partial charge in [-0.25, -0.2) is 4.98 Å². The second kappa shape index (κ2) is 6.36. The molecule has 0 N–H and O–H groups in total. The first-order valence-electron chi connectivity index (χ1n) is 9.00. The van der Waals surface area contributed by atoms with E-state index in [9.17, 15) is 4.79 Å². The molecular formula is C21H23N3O. The minimum atomic E-state index is 0.144. The summed E-state index contributed by atoms with van der Waals surface area (Å²) in [6, 6.07) is 16.4. The molecule has 4 nitrogen and oxygen atoms in total. The van der Waals surface area contributed by atoms with Gasteiger partial charge in [-0.1, -0.05) is 37.3 Å². The topological polar surface area (TPSA) is 38.1 Å². The predicted molar refractivity (Wildman–Crippen MR) is 101 cm³/mol. The lowest BCUT2D eigenvalue weighted by Crippen LogP contribution is -2.25.